The average molecular weight is 462 g/mol. The van der Waals surface area contributed by atoms with E-state index in [1.165, 1.54) is 12.1 Å². The number of benzene rings is 1. The molecule has 0 aliphatic carbocycles. The molecule has 2 heterocycles. The Morgan fingerprint density at radius 2 is 2.09 bits per heavy atom. The molecule has 1 aromatic carbocycles. The third kappa shape index (κ3) is 5.09. The molecule has 1 atom stereocenters. The largest absolute Gasteiger partial charge is 0.345 e. The molecular weight excluding hydrogens is 429 g/mol. The minimum absolute atomic E-state index is 0.0138. The molecule has 0 saturated heterocycles. The number of aryl methyl sites for hydroxylation is 1. The standard InChI is InChI=1S/C23H32FN5O2S/c1-14(2)10-18-6-8-19-21(32(31,28-18)27-15(3)4)13-29(5)22(19)23(30)26-17-7-9-20(24)16(11-17)12-25/h7,9,11,13-15,18,32H,6,8,10H2,1-5H3,(H,26,30)(H2,27,28,31)/t18-/m1/s1. The number of fused-ring (bicyclic) bond motifs is 1. The normalized spacial score (nSPS) is 18.7. The summed E-state index contributed by atoms with van der Waals surface area (Å²) in [4.78, 5) is 13.8. The fourth-order valence-corrected chi connectivity index (χ4v) is 7.04. The maximum absolute atomic E-state index is 14.1. The van der Waals surface area contributed by atoms with Crippen molar-refractivity contribution in [2.45, 2.75) is 63.9 Å². The van der Waals surface area contributed by atoms with Gasteiger partial charge in [0, 0.05) is 41.3 Å². The van der Waals surface area contributed by atoms with Crippen molar-refractivity contribution in [3.63, 3.8) is 0 Å². The van der Waals surface area contributed by atoms with Crippen LogP contribution in [0.1, 0.15) is 62.2 Å². The number of halogens is 1. The Morgan fingerprint density at radius 1 is 1.38 bits per heavy atom. The fraction of sp³-hybridized carbons (Fsp3) is 0.478. The molecule has 7 nitrogen and oxygen atoms in total. The number of hydrogen-bond donors (Lipinski definition) is 4. The van der Waals surface area contributed by atoms with E-state index >= 15 is 0 Å². The molecule has 2 aromatic rings. The molecule has 0 spiro atoms. The van der Waals surface area contributed by atoms with Crippen molar-refractivity contribution in [3.8, 4) is 6.07 Å². The van der Waals surface area contributed by atoms with Crippen molar-refractivity contribution >= 4 is 21.9 Å². The van der Waals surface area contributed by atoms with Crippen LogP contribution in [0.2, 0.25) is 0 Å². The summed E-state index contributed by atoms with van der Waals surface area (Å²) >= 11 is 0. The van der Waals surface area contributed by atoms with Gasteiger partial charge in [-0.05, 0) is 62.8 Å². The number of amides is 1. The lowest BCUT2D eigenvalue weighted by molar-refractivity contribution is 0.101. The van der Waals surface area contributed by atoms with E-state index in [9.17, 15) is 13.4 Å². The molecule has 9 heteroatoms. The highest BCUT2D eigenvalue weighted by atomic mass is 32.3. The molecule has 1 aromatic heterocycles. The molecule has 0 saturated carbocycles. The maximum atomic E-state index is 14.1. The zero-order valence-electron chi connectivity index (χ0n) is 19.2. The molecule has 1 amide bonds. The van der Waals surface area contributed by atoms with Crippen molar-refractivity contribution in [2.24, 2.45) is 13.0 Å². The highest BCUT2D eigenvalue weighted by Crippen LogP contribution is 2.32. The van der Waals surface area contributed by atoms with Crippen molar-refractivity contribution in [3.05, 3.63) is 47.0 Å². The van der Waals surface area contributed by atoms with Crippen LogP contribution in [0.5, 0.6) is 0 Å². The van der Waals surface area contributed by atoms with Gasteiger partial charge in [-0.15, -0.1) is 0 Å². The lowest BCUT2D eigenvalue weighted by Crippen LogP contribution is -2.50. The Hall–Kier alpha value is -2.54. The van der Waals surface area contributed by atoms with E-state index in [1.54, 1.807) is 23.9 Å². The van der Waals surface area contributed by atoms with Crippen LogP contribution in [0.15, 0.2) is 29.3 Å². The SMILES string of the molecule is CC(C)C[C@H]1CCc2c(cn(C)c2C(=O)Nc2ccc(F)c(C#N)c2)[SH](=O)(NC(C)C)N1. The summed E-state index contributed by atoms with van der Waals surface area (Å²) < 4.78 is 36.0. The quantitative estimate of drug-likeness (QED) is 0.496. The zero-order valence-corrected chi connectivity index (χ0v) is 20.1. The summed E-state index contributed by atoms with van der Waals surface area (Å²) in [6, 6.07) is 5.71. The molecule has 32 heavy (non-hydrogen) atoms. The van der Waals surface area contributed by atoms with Gasteiger partial charge >= 0.3 is 0 Å². The van der Waals surface area contributed by atoms with Gasteiger partial charge in [0.05, 0.1) is 10.5 Å². The number of anilines is 1. The number of hydrogen-bond acceptors (Lipinski definition) is 3. The zero-order chi connectivity index (χ0) is 23.6. The van der Waals surface area contributed by atoms with Crippen molar-refractivity contribution in [1.29, 1.82) is 5.26 Å². The first kappa shape index (κ1) is 24.1. The number of carbonyl (C=O) groups is 1. The Bertz CT molecular complexity index is 1100. The molecule has 0 unspecified atom stereocenters. The second-order valence-corrected chi connectivity index (χ2v) is 11.3. The Kier molecular flexibility index (Phi) is 7.18. The van der Waals surface area contributed by atoms with Crippen LogP contribution in [-0.4, -0.2) is 26.8 Å². The smallest absolute Gasteiger partial charge is 0.272 e. The van der Waals surface area contributed by atoms with Crippen LogP contribution >= 0.6 is 0 Å². The second-order valence-electron chi connectivity index (χ2n) is 9.10. The highest BCUT2D eigenvalue weighted by Gasteiger charge is 2.34. The average Bonchev–Trinajstić information content (AvgIpc) is 2.97. The summed E-state index contributed by atoms with van der Waals surface area (Å²) in [7, 11) is -1.41. The Balaban J connectivity index is 2.00. The van der Waals surface area contributed by atoms with Crippen LogP contribution in [0.3, 0.4) is 0 Å². The molecule has 0 fully saturated rings. The molecule has 3 rings (SSSR count). The van der Waals surface area contributed by atoms with Crippen molar-refractivity contribution < 1.29 is 13.4 Å². The van der Waals surface area contributed by atoms with Gasteiger partial charge < -0.3 is 9.88 Å². The molecule has 0 bridgehead atoms. The van der Waals surface area contributed by atoms with E-state index in [2.05, 4.69) is 28.6 Å². The first-order valence-corrected chi connectivity index (χ1v) is 12.6. The maximum Gasteiger partial charge on any atom is 0.272 e. The van der Waals surface area contributed by atoms with Crippen LogP contribution in [0.4, 0.5) is 10.1 Å². The highest BCUT2D eigenvalue weighted by molar-refractivity contribution is 7.99. The lowest BCUT2D eigenvalue weighted by atomic mass is 9.98. The van der Waals surface area contributed by atoms with Gasteiger partial charge in [0.2, 0.25) is 0 Å². The monoisotopic (exact) mass is 461 g/mol. The number of rotatable bonds is 6. The summed E-state index contributed by atoms with van der Waals surface area (Å²) in [5, 5.41) is 11.8. The second kappa shape index (κ2) is 9.53. The van der Waals surface area contributed by atoms with E-state index in [-0.39, 0.29) is 23.6 Å². The van der Waals surface area contributed by atoms with E-state index < -0.39 is 16.1 Å². The van der Waals surface area contributed by atoms with E-state index in [0.29, 0.717) is 28.6 Å². The molecule has 0 radical (unpaired) electrons. The van der Waals surface area contributed by atoms with Gasteiger partial charge in [0.1, 0.15) is 17.6 Å². The van der Waals surface area contributed by atoms with Crippen molar-refractivity contribution in [2.75, 3.05) is 5.32 Å². The number of aromatic nitrogens is 1. The molecular formula is C23H32FN5O2S. The molecule has 1 aliphatic heterocycles. The van der Waals surface area contributed by atoms with E-state index in [1.807, 2.05) is 13.8 Å². The van der Waals surface area contributed by atoms with Crippen LogP contribution in [0.25, 0.3) is 0 Å². The third-order valence-electron chi connectivity index (χ3n) is 5.47. The first-order chi connectivity index (χ1) is 15.0. The first-order valence-electron chi connectivity index (χ1n) is 10.9. The number of carbonyl (C=O) groups excluding carboxylic acids is 1. The third-order valence-corrected chi connectivity index (χ3v) is 8.14. The van der Waals surface area contributed by atoms with Gasteiger partial charge in [-0.1, -0.05) is 13.8 Å². The van der Waals surface area contributed by atoms with E-state index in [0.717, 1.165) is 24.5 Å². The fourth-order valence-electron chi connectivity index (χ4n) is 4.27. The summed E-state index contributed by atoms with van der Waals surface area (Å²) in [6.07, 6.45) is 4.01. The van der Waals surface area contributed by atoms with Gasteiger partial charge in [0.15, 0.2) is 0 Å². The Morgan fingerprint density at radius 3 is 2.72 bits per heavy atom. The van der Waals surface area contributed by atoms with Crippen LogP contribution in [-0.2, 0) is 23.8 Å². The summed E-state index contributed by atoms with van der Waals surface area (Å²) in [5.74, 6) is -0.581. The molecule has 174 valence electrons. The summed E-state index contributed by atoms with van der Waals surface area (Å²) in [5.41, 5.74) is 1.36. The van der Waals surface area contributed by atoms with Gasteiger partial charge in [-0.3, -0.25) is 9.00 Å². The van der Waals surface area contributed by atoms with Gasteiger partial charge in [0.25, 0.3) is 5.91 Å². The topological polar surface area (TPSA) is 99.0 Å². The van der Waals surface area contributed by atoms with Crippen LogP contribution in [0, 0.1) is 23.1 Å². The predicted molar refractivity (Wildman–Crippen MR) is 125 cm³/mol. The van der Waals surface area contributed by atoms with Crippen LogP contribution < -0.4 is 14.8 Å². The number of thiol groups is 1. The van der Waals surface area contributed by atoms with Crippen molar-refractivity contribution in [1.82, 2.24) is 14.0 Å². The van der Waals surface area contributed by atoms with Gasteiger partial charge in [-0.2, -0.15) is 5.26 Å². The molecule has 3 N–H and O–H groups in total. The lowest BCUT2D eigenvalue weighted by Gasteiger charge is -2.31. The van der Waals surface area contributed by atoms with Gasteiger partial charge in [-0.25, -0.2) is 13.8 Å². The number of nitriles is 1. The Labute approximate surface area is 190 Å². The molecule has 1 aliphatic rings. The summed E-state index contributed by atoms with van der Waals surface area (Å²) in [6.45, 7) is 8.16. The number of nitrogens with one attached hydrogen (secondary N) is 3. The predicted octanol–water partition coefficient (Wildman–Crippen LogP) is 3.44. The minimum atomic E-state index is -3.16. The number of nitrogens with zero attached hydrogens (tertiary/aromatic N) is 2. The minimum Gasteiger partial charge on any atom is -0.345 e. The van der Waals surface area contributed by atoms with E-state index in [4.69, 9.17) is 5.26 Å².